The van der Waals surface area contributed by atoms with Crippen molar-refractivity contribution in [1.82, 2.24) is 15.3 Å². The van der Waals surface area contributed by atoms with Crippen LogP contribution in [0.15, 0.2) is 36.7 Å². The molecule has 0 aliphatic heterocycles. The summed E-state index contributed by atoms with van der Waals surface area (Å²) in [5.74, 6) is 0.274. The Bertz CT molecular complexity index is 607. The van der Waals surface area contributed by atoms with E-state index in [9.17, 15) is 4.79 Å². The number of hydrogen-bond donors (Lipinski definition) is 1. The molecule has 1 amide bonds. The highest BCUT2D eigenvalue weighted by atomic mass is 16.1. The normalized spacial score (nSPS) is 16.4. The van der Waals surface area contributed by atoms with Gasteiger partial charge in [-0.3, -0.25) is 9.78 Å². The highest BCUT2D eigenvalue weighted by molar-refractivity contribution is 5.91. The van der Waals surface area contributed by atoms with E-state index in [1.807, 2.05) is 13.0 Å². The Balaban J connectivity index is 1.59. The molecule has 0 saturated heterocycles. The van der Waals surface area contributed by atoms with E-state index in [2.05, 4.69) is 33.5 Å². The minimum absolute atomic E-state index is 0.156. The standard InChI is InChI=1S/C15H15N3O/c1-10-7-17-14(9-16-10)15(19)18-8-12-6-11-4-2-3-5-13(11)12/h2-5,7,9,12H,6,8H2,1H3,(H,18,19). The van der Waals surface area contributed by atoms with Gasteiger partial charge in [-0.2, -0.15) is 0 Å². The number of fused-ring (bicyclic) bond motifs is 1. The number of carbonyl (C=O) groups is 1. The lowest BCUT2D eigenvalue weighted by Crippen LogP contribution is -2.33. The third kappa shape index (κ3) is 2.34. The Morgan fingerprint density at radius 3 is 2.89 bits per heavy atom. The van der Waals surface area contributed by atoms with Crippen molar-refractivity contribution in [2.24, 2.45) is 0 Å². The molecule has 4 heteroatoms. The number of aryl methyl sites for hydroxylation is 1. The van der Waals surface area contributed by atoms with Crippen molar-refractivity contribution < 1.29 is 4.79 Å². The van der Waals surface area contributed by atoms with E-state index in [1.54, 1.807) is 6.20 Å². The molecule has 1 aromatic carbocycles. The third-order valence-electron chi connectivity index (χ3n) is 3.48. The van der Waals surface area contributed by atoms with Crippen LogP contribution >= 0.6 is 0 Å². The van der Waals surface area contributed by atoms with Crippen molar-refractivity contribution in [3.05, 3.63) is 59.2 Å². The first-order chi connectivity index (χ1) is 9.24. The van der Waals surface area contributed by atoms with Crippen LogP contribution in [0.25, 0.3) is 0 Å². The van der Waals surface area contributed by atoms with Gasteiger partial charge in [-0.05, 0) is 24.5 Å². The second-order valence-corrected chi connectivity index (χ2v) is 4.85. The van der Waals surface area contributed by atoms with Crippen molar-refractivity contribution >= 4 is 5.91 Å². The molecular formula is C15H15N3O. The Hall–Kier alpha value is -2.23. The SMILES string of the molecule is Cc1cnc(C(=O)NCC2Cc3ccccc32)cn1. The van der Waals surface area contributed by atoms with Crippen molar-refractivity contribution in [3.63, 3.8) is 0 Å². The molecule has 4 nitrogen and oxygen atoms in total. The van der Waals surface area contributed by atoms with E-state index in [0.29, 0.717) is 18.2 Å². The van der Waals surface area contributed by atoms with E-state index in [-0.39, 0.29) is 5.91 Å². The van der Waals surface area contributed by atoms with Crippen LogP contribution in [0.1, 0.15) is 33.2 Å². The fourth-order valence-electron chi connectivity index (χ4n) is 2.36. The Kier molecular flexibility index (Phi) is 2.99. The first-order valence-electron chi connectivity index (χ1n) is 6.38. The monoisotopic (exact) mass is 253 g/mol. The summed E-state index contributed by atoms with van der Waals surface area (Å²) in [4.78, 5) is 20.0. The molecule has 3 rings (SSSR count). The number of nitrogens with zero attached hydrogens (tertiary/aromatic N) is 2. The van der Waals surface area contributed by atoms with Crippen LogP contribution in [0.5, 0.6) is 0 Å². The molecule has 1 atom stereocenters. The van der Waals surface area contributed by atoms with Crippen LogP contribution in [0.2, 0.25) is 0 Å². The van der Waals surface area contributed by atoms with Gasteiger partial charge in [0.25, 0.3) is 5.91 Å². The van der Waals surface area contributed by atoms with E-state index < -0.39 is 0 Å². The molecule has 1 unspecified atom stereocenters. The van der Waals surface area contributed by atoms with Gasteiger partial charge in [-0.1, -0.05) is 24.3 Å². The number of hydrogen-bond acceptors (Lipinski definition) is 3. The lowest BCUT2D eigenvalue weighted by molar-refractivity contribution is 0.0944. The summed E-state index contributed by atoms with van der Waals surface area (Å²) in [5, 5.41) is 2.92. The number of carbonyl (C=O) groups excluding carboxylic acids is 1. The van der Waals surface area contributed by atoms with Gasteiger partial charge >= 0.3 is 0 Å². The average molecular weight is 253 g/mol. The number of nitrogens with one attached hydrogen (secondary N) is 1. The molecule has 0 saturated carbocycles. The van der Waals surface area contributed by atoms with Crippen LogP contribution < -0.4 is 5.32 Å². The molecule has 1 aromatic heterocycles. The maximum absolute atomic E-state index is 11.9. The van der Waals surface area contributed by atoms with Gasteiger partial charge in [0.1, 0.15) is 5.69 Å². The van der Waals surface area contributed by atoms with Gasteiger partial charge in [0.2, 0.25) is 0 Å². The zero-order valence-electron chi connectivity index (χ0n) is 10.8. The summed E-state index contributed by atoms with van der Waals surface area (Å²) >= 11 is 0. The Labute approximate surface area is 111 Å². The molecule has 2 aromatic rings. The summed E-state index contributed by atoms with van der Waals surface area (Å²) in [5.41, 5.74) is 3.91. The van der Waals surface area contributed by atoms with Gasteiger partial charge in [-0.25, -0.2) is 4.98 Å². The average Bonchev–Trinajstić information content (AvgIpc) is 2.40. The quantitative estimate of drug-likeness (QED) is 0.908. The van der Waals surface area contributed by atoms with Crippen molar-refractivity contribution in [3.8, 4) is 0 Å². The molecule has 0 fully saturated rings. The molecule has 1 aliphatic carbocycles. The molecule has 0 bridgehead atoms. The summed E-state index contributed by atoms with van der Waals surface area (Å²) in [6.45, 7) is 2.51. The zero-order valence-corrected chi connectivity index (χ0v) is 10.8. The van der Waals surface area contributed by atoms with Crippen molar-refractivity contribution in [1.29, 1.82) is 0 Å². The lowest BCUT2D eigenvalue weighted by Gasteiger charge is -2.30. The largest absolute Gasteiger partial charge is 0.350 e. The minimum atomic E-state index is -0.156. The maximum atomic E-state index is 11.9. The molecule has 0 spiro atoms. The molecule has 19 heavy (non-hydrogen) atoms. The molecule has 1 N–H and O–H groups in total. The molecule has 0 radical (unpaired) electrons. The lowest BCUT2D eigenvalue weighted by atomic mass is 9.77. The van der Waals surface area contributed by atoms with Crippen molar-refractivity contribution in [2.45, 2.75) is 19.3 Å². The second-order valence-electron chi connectivity index (χ2n) is 4.85. The number of rotatable bonds is 3. The van der Waals surface area contributed by atoms with Crippen LogP contribution in [0.4, 0.5) is 0 Å². The molecule has 1 aliphatic rings. The predicted octanol–water partition coefficient (Wildman–Crippen LogP) is 1.85. The minimum Gasteiger partial charge on any atom is -0.350 e. The molecule has 1 heterocycles. The summed E-state index contributed by atoms with van der Waals surface area (Å²) < 4.78 is 0. The third-order valence-corrected chi connectivity index (χ3v) is 3.48. The zero-order chi connectivity index (χ0) is 13.2. The van der Waals surface area contributed by atoms with E-state index in [1.165, 1.54) is 17.3 Å². The number of amides is 1. The first-order valence-corrected chi connectivity index (χ1v) is 6.38. The van der Waals surface area contributed by atoms with Gasteiger partial charge < -0.3 is 5.32 Å². The van der Waals surface area contributed by atoms with E-state index in [4.69, 9.17) is 0 Å². The fraction of sp³-hybridized carbons (Fsp3) is 0.267. The van der Waals surface area contributed by atoms with Gasteiger partial charge in [0.15, 0.2) is 0 Å². The van der Waals surface area contributed by atoms with Crippen molar-refractivity contribution in [2.75, 3.05) is 6.54 Å². The highest BCUT2D eigenvalue weighted by Crippen LogP contribution is 2.33. The summed E-state index contributed by atoms with van der Waals surface area (Å²) in [6.07, 6.45) is 4.16. The highest BCUT2D eigenvalue weighted by Gasteiger charge is 2.25. The van der Waals surface area contributed by atoms with Gasteiger partial charge in [0, 0.05) is 18.7 Å². The van der Waals surface area contributed by atoms with Crippen LogP contribution in [0.3, 0.4) is 0 Å². The smallest absolute Gasteiger partial charge is 0.271 e. The maximum Gasteiger partial charge on any atom is 0.271 e. The fourth-order valence-corrected chi connectivity index (χ4v) is 2.36. The molecular weight excluding hydrogens is 238 g/mol. The van der Waals surface area contributed by atoms with E-state index in [0.717, 1.165) is 12.1 Å². The van der Waals surface area contributed by atoms with Crippen LogP contribution in [-0.4, -0.2) is 22.4 Å². The number of benzene rings is 1. The first kappa shape index (κ1) is 11.8. The van der Waals surface area contributed by atoms with Crippen LogP contribution in [0, 0.1) is 6.92 Å². The predicted molar refractivity (Wildman–Crippen MR) is 72.0 cm³/mol. The second kappa shape index (κ2) is 4.80. The van der Waals surface area contributed by atoms with Gasteiger partial charge in [0.05, 0.1) is 11.9 Å². The van der Waals surface area contributed by atoms with Gasteiger partial charge in [-0.15, -0.1) is 0 Å². The Morgan fingerprint density at radius 1 is 1.32 bits per heavy atom. The van der Waals surface area contributed by atoms with E-state index >= 15 is 0 Å². The summed E-state index contributed by atoms with van der Waals surface area (Å²) in [6, 6.07) is 8.36. The molecule has 96 valence electrons. The number of aromatic nitrogens is 2. The van der Waals surface area contributed by atoms with Crippen LogP contribution in [-0.2, 0) is 6.42 Å². The Morgan fingerprint density at radius 2 is 2.16 bits per heavy atom. The topological polar surface area (TPSA) is 54.9 Å². The summed E-state index contributed by atoms with van der Waals surface area (Å²) in [7, 11) is 0.